The summed E-state index contributed by atoms with van der Waals surface area (Å²) in [6, 6.07) is 5.10. The number of nitroso groups, excluding NO2 is 1. The maximum Gasteiger partial charge on any atom is 0.149 e. The van der Waals surface area contributed by atoms with E-state index in [1.165, 1.54) is 26.4 Å². The first kappa shape index (κ1) is 20.3. The number of aliphatic hydroxyl groups excluding tert-OH is 1. The third-order valence-corrected chi connectivity index (χ3v) is 4.14. The number of carbonyl (C=O) groups is 1. The van der Waals surface area contributed by atoms with Crippen molar-refractivity contribution in [3.8, 4) is 5.75 Å². The number of unbranched alkanes of at least 4 members (excludes halogenated alkanes) is 4. The SMILES string of the molecule is CCCCCCC[C@H](O)CC(=O)CCc1ccc(N=O)c(OC)c1. The van der Waals surface area contributed by atoms with Crippen molar-refractivity contribution in [1.29, 1.82) is 0 Å². The van der Waals surface area contributed by atoms with E-state index in [4.69, 9.17) is 4.74 Å². The van der Waals surface area contributed by atoms with Gasteiger partial charge in [-0.3, -0.25) is 4.79 Å². The molecular formula is C19H29NO4. The van der Waals surface area contributed by atoms with Crippen LogP contribution < -0.4 is 4.74 Å². The molecule has 0 saturated heterocycles. The van der Waals surface area contributed by atoms with Gasteiger partial charge < -0.3 is 9.84 Å². The smallest absolute Gasteiger partial charge is 0.149 e. The van der Waals surface area contributed by atoms with Crippen molar-refractivity contribution in [1.82, 2.24) is 0 Å². The molecule has 1 aromatic rings. The highest BCUT2D eigenvalue weighted by Gasteiger charge is 2.12. The number of Topliss-reactive ketones (excluding diaryl/α,β-unsaturated/α-hetero) is 1. The van der Waals surface area contributed by atoms with Gasteiger partial charge in [-0.25, -0.2) is 0 Å². The van der Waals surface area contributed by atoms with Crippen molar-refractivity contribution in [2.75, 3.05) is 7.11 Å². The van der Waals surface area contributed by atoms with Gasteiger partial charge in [0.2, 0.25) is 0 Å². The van der Waals surface area contributed by atoms with Gasteiger partial charge in [0.05, 0.1) is 13.2 Å². The summed E-state index contributed by atoms with van der Waals surface area (Å²) < 4.78 is 5.10. The maximum absolute atomic E-state index is 12.0. The van der Waals surface area contributed by atoms with Crippen molar-refractivity contribution in [3.63, 3.8) is 0 Å². The van der Waals surface area contributed by atoms with Crippen LogP contribution in [0, 0.1) is 4.91 Å². The first-order valence-corrected chi connectivity index (χ1v) is 8.80. The van der Waals surface area contributed by atoms with Crippen molar-refractivity contribution >= 4 is 11.5 Å². The Balaban J connectivity index is 2.31. The molecule has 0 aliphatic carbocycles. The second-order valence-electron chi connectivity index (χ2n) is 6.20. The van der Waals surface area contributed by atoms with Crippen LogP contribution >= 0.6 is 0 Å². The molecule has 0 bridgehead atoms. The number of hydrogen-bond acceptors (Lipinski definition) is 5. The molecule has 0 unspecified atom stereocenters. The van der Waals surface area contributed by atoms with E-state index >= 15 is 0 Å². The number of nitrogens with zero attached hydrogens (tertiary/aromatic N) is 1. The van der Waals surface area contributed by atoms with E-state index in [-0.39, 0.29) is 17.9 Å². The minimum absolute atomic E-state index is 0.0626. The molecule has 0 aliphatic heterocycles. The number of aliphatic hydroxyl groups is 1. The van der Waals surface area contributed by atoms with Crippen LogP contribution in [0.25, 0.3) is 0 Å². The molecule has 1 atom stereocenters. The summed E-state index contributed by atoms with van der Waals surface area (Å²) in [5.41, 5.74) is 1.17. The second-order valence-corrected chi connectivity index (χ2v) is 6.20. The standard InChI is InChI=1S/C19H29NO4/c1-3-4-5-6-7-8-16(21)14-17(22)11-9-15-10-12-18(20-23)19(13-15)24-2/h10,12-13,16,21H,3-9,11,14H2,1-2H3/t16-/m0/s1. The van der Waals surface area contributed by atoms with E-state index in [0.717, 1.165) is 18.4 Å². The maximum atomic E-state index is 12.0. The Kier molecular flexibility index (Phi) is 9.92. The van der Waals surface area contributed by atoms with Gasteiger partial charge in [-0.15, -0.1) is 4.91 Å². The number of rotatable bonds is 13. The molecule has 24 heavy (non-hydrogen) atoms. The number of aryl methyl sites for hydroxylation is 1. The lowest BCUT2D eigenvalue weighted by Gasteiger charge is -2.10. The average molecular weight is 335 g/mol. The minimum atomic E-state index is -0.532. The second kappa shape index (κ2) is 11.7. The van der Waals surface area contributed by atoms with E-state index in [1.54, 1.807) is 18.2 Å². The quantitative estimate of drug-likeness (QED) is 0.418. The zero-order valence-electron chi connectivity index (χ0n) is 14.8. The van der Waals surface area contributed by atoms with Crippen LogP contribution in [0.3, 0.4) is 0 Å². The largest absolute Gasteiger partial charge is 0.494 e. The topological polar surface area (TPSA) is 76.0 Å². The van der Waals surface area contributed by atoms with E-state index in [0.29, 0.717) is 25.0 Å². The Morgan fingerprint density at radius 2 is 2.00 bits per heavy atom. The van der Waals surface area contributed by atoms with Crippen LogP contribution in [-0.4, -0.2) is 24.1 Å². The summed E-state index contributed by atoms with van der Waals surface area (Å²) in [7, 11) is 1.48. The number of carbonyl (C=O) groups excluding carboxylic acids is 1. The van der Waals surface area contributed by atoms with Gasteiger partial charge in [0.15, 0.2) is 0 Å². The number of ether oxygens (including phenoxy) is 1. The molecule has 0 radical (unpaired) electrons. The summed E-state index contributed by atoms with van der Waals surface area (Å²) in [5, 5.41) is 12.8. The molecule has 0 aromatic heterocycles. The van der Waals surface area contributed by atoms with Gasteiger partial charge in [0, 0.05) is 12.8 Å². The Hall–Kier alpha value is -1.75. The molecule has 1 N–H and O–H groups in total. The predicted molar refractivity (Wildman–Crippen MR) is 95.8 cm³/mol. The van der Waals surface area contributed by atoms with Gasteiger partial charge in [0.1, 0.15) is 17.2 Å². The van der Waals surface area contributed by atoms with Crippen LogP contribution in [0.4, 0.5) is 5.69 Å². The normalized spacial score (nSPS) is 12.0. The highest BCUT2D eigenvalue weighted by molar-refractivity contribution is 5.79. The lowest BCUT2D eigenvalue weighted by molar-refractivity contribution is -0.121. The number of ketones is 1. The average Bonchev–Trinajstić information content (AvgIpc) is 2.59. The zero-order chi connectivity index (χ0) is 17.8. The van der Waals surface area contributed by atoms with Gasteiger partial charge in [-0.2, -0.15) is 0 Å². The van der Waals surface area contributed by atoms with E-state index in [2.05, 4.69) is 12.1 Å². The van der Waals surface area contributed by atoms with Gasteiger partial charge in [0.25, 0.3) is 0 Å². The molecule has 0 heterocycles. The summed E-state index contributed by atoms with van der Waals surface area (Å²) in [6.07, 6.45) is 7.07. The molecular weight excluding hydrogens is 306 g/mol. The van der Waals surface area contributed by atoms with Gasteiger partial charge >= 0.3 is 0 Å². The molecule has 0 saturated carbocycles. The Morgan fingerprint density at radius 3 is 2.67 bits per heavy atom. The summed E-state index contributed by atoms with van der Waals surface area (Å²) in [5.74, 6) is 0.481. The van der Waals surface area contributed by atoms with Gasteiger partial charge in [-0.05, 0) is 35.7 Å². The highest BCUT2D eigenvalue weighted by atomic mass is 16.5. The van der Waals surface area contributed by atoms with E-state index in [1.807, 2.05) is 0 Å². The Bertz CT molecular complexity index is 516. The zero-order valence-corrected chi connectivity index (χ0v) is 14.8. The van der Waals surface area contributed by atoms with Crippen molar-refractivity contribution in [2.45, 2.75) is 70.8 Å². The first-order valence-electron chi connectivity index (χ1n) is 8.80. The van der Waals surface area contributed by atoms with Crippen molar-refractivity contribution in [3.05, 3.63) is 28.7 Å². The third kappa shape index (κ3) is 7.68. The first-order chi connectivity index (χ1) is 11.6. The Labute approximate surface area is 144 Å². The molecule has 0 spiro atoms. The monoisotopic (exact) mass is 335 g/mol. The fourth-order valence-corrected chi connectivity index (χ4v) is 2.69. The number of methoxy groups -OCH3 is 1. The third-order valence-electron chi connectivity index (χ3n) is 4.14. The van der Waals surface area contributed by atoms with E-state index < -0.39 is 6.10 Å². The van der Waals surface area contributed by atoms with Crippen molar-refractivity contribution in [2.24, 2.45) is 5.18 Å². The lowest BCUT2D eigenvalue weighted by Crippen LogP contribution is -2.14. The van der Waals surface area contributed by atoms with Crippen LogP contribution in [0.2, 0.25) is 0 Å². The molecule has 0 fully saturated rings. The van der Waals surface area contributed by atoms with Crippen LogP contribution in [0.5, 0.6) is 5.75 Å². The van der Waals surface area contributed by atoms with E-state index in [9.17, 15) is 14.8 Å². The van der Waals surface area contributed by atoms with Gasteiger partial charge in [-0.1, -0.05) is 45.1 Å². The number of hydrogen-bond donors (Lipinski definition) is 1. The molecule has 1 rings (SSSR count). The minimum Gasteiger partial charge on any atom is -0.494 e. The number of benzene rings is 1. The molecule has 0 aliphatic rings. The summed E-state index contributed by atoms with van der Waals surface area (Å²) in [4.78, 5) is 22.6. The van der Waals surface area contributed by atoms with Crippen LogP contribution in [-0.2, 0) is 11.2 Å². The highest BCUT2D eigenvalue weighted by Crippen LogP contribution is 2.28. The van der Waals surface area contributed by atoms with Crippen molar-refractivity contribution < 1.29 is 14.6 Å². The molecule has 0 amide bonds. The van der Waals surface area contributed by atoms with Crippen LogP contribution in [0.1, 0.15) is 63.9 Å². The fourth-order valence-electron chi connectivity index (χ4n) is 2.69. The molecule has 5 heteroatoms. The molecule has 5 nitrogen and oxygen atoms in total. The predicted octanol–water partition coefficient (Wildman–Crippen LogP) is 4.71. The summed E-state index contributed by atoms with van der Waals surface area (Å²) in [6.45, 7) is 2.17. The summed E-state index contributed by atoms with van der Waals surface area (Å²) >= 11 is 0. The Morgan fingerprint density at radius 1 is 1.25 bits per heavy atom. The van der Waals surface area contributed by atoms with Crippen LogP contribution in [0.15, 0.2) is 23.4 Å². The molecule has 134 valence electrons. The fraction of sp³-hybridized carbons (Fsp3) is 0.632. The molecule has 1 aromatic carbocycles. The lowest BCUT2D eigenvalue weighted by atomic mass is 10.0.